The lowest BCUT2D eigenvalue weighted by Gasteiger charge is -2.02. The largest absolute Gasteiger partial charge is 0.320 e. The SMILES string of the molecule is CNCCCn1cc(-c2ccccc2)c(-c2ccccc2)n1.Cl. The van der Waals surface area contributed by atoms with Gasteiger partial charge in [0.2, 0.25) is 0 Å². The third-order valence-electron chi connectivity index (χ3n) is 3.71. The maximum absolute atomic E-state index is 4.82. The van der Waals surface area contributed by atoms with Gasteiger partial charge in [-0.1, -0.05) is 60.7 Å². The highest BCUT2D eigenvalue weighted by atomic mass is 35.5. The van der Waals surface area contributed by atoms with Crippen molar-refractivity contribution in [1.29, 1.82) is 0 Å². The molecule has 0 spiro atoms. The molecule has 3 aromatic rings. The van der Waals surface area contributed by atoms with Gasteiger partial charge in [0.1, 0.15) is 5.69 Å². The van der Waals surface area contributed by atoms with Gasteiger partial charge in [-0.2, -0.15) is 5.10 Å². The standard InChI is InChI=1S/C19H21N3.ClH/c1-20-13-8-14-22-15-18(16-9-4-2-5-10-16)19(21-22)17-11-6-3-7-12-17;/h2-7,9-12,15,20H,8,13-14H2,1H3;1H. The fourth-order valence-corrected chi connectivity index (χ4v) is 2.59. The third-order valence-corrected chi connectivity index (χ3v) is 3.71. The Kier molecular flexibility index (Phi) is 6.39. The molecule has 0 saturated heterocycles. The molecular formula is C19H22ClN3. The van der Waals surface area contributed by atoms with Crippen molar-refractivity contribution in [2.75, 3.05) is 13.6 Å². The van der Waals surface area contributed by atoms with Gasteiger partial charge in [-0.25, -0.2) is 0 Å². The van der Waals surface area contributed by atoms with E-state index in [4.69, 9.17) is 5.10 Å². The second kappa shape index (κ2) is 8.51. The lowest BCUT2D eigenvalue weighted by molar-refractivity contribution is 0.564. The number of aryl methyl sites for hydroxylation is 1. The van der Waals surface area contributed by atoms with Crippen molar-refractivity contribution in [2.45, 2.75) is 13.0 Å². The van der Waals surface area contributed by atoms with Crippen LogP contribution in [0.5, 0.6) is 0 Å². The van der Waals surface area contributed by atoms with Gasteiger partial charge in [0.15, 0.2) is 0 Å². The van der Waals surface area contributed by atoms with Crippen LogP contribution in [0.15, 0.2) is 66.9 Å². The zero-order valence-electron chi connectivity index (χ0n) is 13.3. The molecule has 1 N–H and O–H groups in total. The van der Waals surface area contributed by atoms with Crippen LogP contribution in [-0.4, -0.2) is 23.4 Å². The van der Waals surface area contributed by atoms with Crippen LogP contribution >= 0.6 is 12.4 Å². The van der Waals surface area contributed by atoms with Gasteiger partial charge in [-0.05, 0) is 25.6 Å². The monoisotopic (exact) mass is 327 g/mol. The van der Waals surface area contributed by atoms with Crippen LogP contribution in [0.25, 0.3) is 22.4 Å². The van der Waals surface area contributed by atoms with Crippen LogP contribution < -0.4 is 5.32 Å². The molecule has 0 aliphatic carbocycles. The zero-order chi connectivity index (χ0) is 15.2. The first-order chi connectivity index (χ1) is 10.9. The number of hydrogen-bond donors (Lipinski definition) is 1. The smallest absolute Gasteiger partial charge is 0.100 e. The molecular weight excluding hydrogens is 306 g/mol. The van der Waals surface area contributed by atoms with Gasteiger partial charge in [0.25, 0.3) is 0 Å². The number of benzene rings is 2. The van der Waals surface area contributed by atoms with Gasteiger partial charge in [0.05, 0.1) is 0 Å². The van der Waals surface area contributed by atoms with E-state index < -0.39 is 0 Å². The molecule has 23 heavy (non-hydrogen) atoms. The van der Waals surface area contributed by atoms with Crippen molar-refractivity contribution < 1.29 is 0 Å². The topological polar surface area (TPSA) is 29.9 Å². The molecule has 0 radical (unpaired) electrons. The van der Waals surface area contributed by atoms with Gasteiger partial charge in [-0.3, -0.25) is 4.68 Å². The van der Waals surface area contributed by atoms with Crippen LogP contribution in [0.2, 0.25) is 0 Å². The van der Waals surface area contributed by atoms with Crippen molar-refractivity contribution in [3.63, 3.8) is 0 Å². The van der Waals surface area contributed by atoms with Crippen molar-refractivity contribution in [3.8, 4) is 22.4 Å². The van der Waals surface area contributed by atoms with Crippen LogP contribution in [0.1, 0.15) is 6.42 Å². The van der Waals surface area contributed by atoms with E-state index in [1.54, 1.807) is 0 Å². The first-order valence-corrected chi connectivity index (χ1v) is 7.71. The summed E-state index contributed by atoms with van der Waals surface area (Å²) in [4.78, 5) is 0. The molecule has 3 nitrogen and oxygen atoms in total. The molecule has 2 aromatic carbocycles. The predicted octanol–water partition coefficient (Wildman–Crippen LogP) is 4.25. The quantitative estimate of drug-likeness (QED) is 0.686. The predicted molar refractivity (Wildman–Crippen MR) is 98.9 cm³/mol. The van der Waals surface area contributed by atoms with Crippen LogP contribution in [0, 0.1) is 0 Å². The summed E-state index contributed by atoms with van der Waals surface area (Å²) in [5.74, 6) is 0. The summed E-state index contributed by atoms with van der Waals surface area (Å²) in [6.45, 7) is 1.93. The average Bonchev–Trinajstić information content (AvgIpc) is 3.01. The molecule has 0 aliphatic rings. The summed E-state index contributed by atoms with van der Waals surface area (Å²) in [6.07, 6.45) is 3.23. The van der Waals surface area contributed by atoms with Crippen molar-refractivity contribution in [3.05, 3.63) is 66.9 Å². The number of nitrogens with one attached hydrogen (secondary N) is 1. The maximum Gasteiger partial charge on any atom is 0.100 e. The highest BCUT2D eigenvalue weighted by Crippen LogP contribution is 2.30. The Hall–Kier alpha value is -2.10. The highest BCUT2D eigenvalue weighted by Gasteiger charge is 2.12. The molecule has 0 fully saturated rings. The minimum absolute atomic E-state index is 0. The van der Waals surface area contributed by atoms with E-state index in [0.29, 0.717) is 0 Å². The molecule has 1 aromatic heterocycles. The van der Waals surface area contributed by atoms with Crippen LogP contribution in [0.3, 0.4) is 0 Å². The third kappa shape index (κ3) is 4.21. The molecule has 0 unspecified atom stereocenters. The normalized spacial score (nSPS) is 10.3. The number of rotatable bonds is 6. The van der Waals surface area contributed by atoms with Crippen LogP contribution in [-0.2, 0) is 6.54 Å². The van der Waals surface area contributed by atoms with Crippen LogP contribution in [0.4, 0.5) is 0 Å². The Bertz CT molecular complexity index is 651. The molecule has 4 heteroatoms. The second-order valence-electron chi connectivity index (χ2n) is 5.34. The Labute approximate surface area is 143 Å². The summed E-state index contributed by atoms with van der Waals surface area (Å²) < 4.78 is 2.06. The van der Waals surface area contributed by atoms with E-state index in [1.807, 2.05) is 19.2 Å². The second-order valence-corrected chi connectivity index (χ2v) is 5.34. The molecule has 0 bridgehead atoms. The summed E-state index contributed by atoms with van der Waals surface area (Å²) >= 11 is 0. The molecule has 0 aliphatic heterocycles. The van der Waals surface area contributed by atoms with E-state index in [2.05, 4.69) is 64.7 Å². The van der Waals surface area contributed by atoms with E-state index in [-0.39, 0.29) is 12.4 Å². The Balaban J connectivity index is 0.00000192. The van der Waals surface area contributed by atoms with Crippen molar-refractivity contribution in [1.82, 2.24) is 15.1 Å². The molecule has 3 rings (SSSR count). The minimum Gasteiger partial charge on any atom is -0.320 e. The lowest BCUT2D eigenvalue weighted by atomic mass is 10.0. The zero-order valence-corrected chi connectivity index (χ0v) is 14.1. The van der Waals surface area contributed by atoms with Gasteiger partial charge >= 0.3 is 0 Å². The van der Waals surface area contributed by atoms with E-state index >= 15 is 0 Å². The average molecular weight is 328 g/mol. The minimum atomic E-state index is 0. The van der Waals surface area contributed by atoms with Gasteiger partial charge < -0.3 is 5.32 Å². The van der Waals surface area contributed by atoms with Gasteiger partial charge in [-0.15, -0.1) is 12.4 Å². The maximum atomic E-state index is 4.82. The first-order valence-electron chi connectivity index (χ1n) is 7.71. The lowest BCUT2D eigenvalue weighted by Crippen LogP contribution is -2.11. The molecule has 0 atom stereocenters. The Morgan fingerprint density at radius 2 is 1.52 bits per heavy atom. The highest BCUT2D eigenvalue weighted by molar-refractivity contribution is 5.85. The fraction of sp³-hybridized carbons (Fsp3) is 0.211. The van der Waals surface area contributed by atoms with E-state index in [1.165, 1.54) is 11.1 Å². The van der Waals surface area contributed by atoms with Crippen molar-refractivity contribution in [2.24, 2.45) is 0 Å². The van der Waals surface area contributed by atoms with Gasteiger partial charge in [0, 0.05) is 23.9 Å². The summed E-state index contributed by atoms with van der Waals surface area (Å²) in [5.41, 5.74) is 4.61. The Morgan fingerprint density at radius 3 is 2.13 bits per heavy atom. The molecule has 0 amide bonds. The number of aromatic nitrogens is 2. The molecule has 120 valence electrons. The summed E-state index contributed by atoms with van der Waals surface area (Å²) in [6, 6.07) is 20.9. The summed E-state index contributed by atoms with van der Waals surface area (Å²) in [7, 11) is 1.98. The van der Waals surface area contributed by atoms with E-state index in [9.17, 15) is 0 Å². The fourth-order valence-electron chi connectivity index (χ4n) is 2.59. The number of hydrogen-bond acceptors (Lipinski definition) is 2. The number of halogens is 1. The van der Waals surface area contributed by atoms with Crippen molar-refractivity contribution >= 4 is 12.4 Å². The summed E-state index contributed by atoms with van der Waals surface area (Å²) in [5, 5.41) is 8.00. The van der Waals surface area contributed by atoms with E-state index in [0.717, 1.165) is 30.8 Å². The number of nitrogens with zero attached hydrogens (tertiary/aromatic N) is 2. The Morgan fingerprint density at radius 1 is 0.913 bits per heavy atom. The molecule has 0 saturated carbocycles. The molecule has 1 heterocycles. The first kappa shape index (κ1) is 17.3.